The van der Waals surface area contributed by atoms with Crippen LogP contribution >= 0.6 is 12.4 Å². The number of hydrogen-bond donors (Lipinski definition) is 3. The van der Waals surface area contributed by atoms with Crippen molar-refractivity contribution in [1.29, 1.82) is 0 Å². The van der Waals surface area contributed by atoms with E-state index in [1.54, 1.807) is 0 Å². The van der Waals surface area contributed by atoms with Crippen LogP contribution in [0.1, 0.15) is 24.1 Å². The zero-order valence-corrected chi connectivity index (χ0v) is 12.2. The highest BCUT2D eigenvalue weighted by Crippen LogP contribution is 2.18. The summed E-state index contributed by atoms with van der Waals surface area (Å²) in [6.07, 6.45) is 5.19. The molecular weight excluding hydrogens is 280 g/mol. The third-order valence-electron chi connectivity index (χ3n) is 3.81. The average Bonchev–Trinajstić information content (AvgIpc) is 2.87. The lowest BCUT2D eigenvalue weighted by Gasteiger charge is -2.26. The van der Waals surface area contributed by atoms with Crippen LogP contribution in [-0.4, -0.2) is 47.9 Å². The van der Waals surface area contributed by atoms with Crippen LogP contribution in [0.4, 0.5) is 0 Å². The number of rotatable bonds is 3. The highest BCUT2D eigenvalue weighted by molar-refractivity contribution is 5.85. The van der Waals surface area contributed by atoms with Crippen molar-refractivity contribution < 1.29 is 9.53 Å². The standard InChI is InChI=1S/C13H20N4O2.ClH/c18-13(6-11-8-19-4-3-14-11)16-10-1-2-12-9(5-10)7-15-17-12;/h7,10-11,14H,1-6,8H2,(H,15,17)(H,16,18);1H. The minimum absolute atomic E-state index is 0. The number of carbonyl (C=O) groups excluding carboxylic acids is 1. The fourth-order valence-electron chi connectivity index (χ4n) is 2.80. The van der Waals surface area contributed by atoms with E-state index in [9.17, 15) is 4.79 Å². The number of halogens is 1. The highest BCUT2D eigenvalue weighted by Gasteiger charge is 2.23. The Labute approximate surface area is 124 Å². The summed E-state index contributed by atoms with van der Waals surface area (Å²) in [4.78, 5) is 12.0. The van der Waals surface area contributed by atoms with Crippen molar-refractivity contribution in [2.45, 2.75) is 37.8 Å². The van der Waals surface area contributed by atoms with Crippen LogP contribution in [0.3, 0.4) is 0 Å². The topological polar surface area (TPSA) is 79.0 Å². The highest BCUT2D eigenvalue weighted by atomic mass is 35.5. The molecule has 0 aromatic carbocycles. The van der Waals surface area contributed by atoms with Crippen molar-refractivity contribution in [3.05, 3.63) is 17.5 Å². The first-order valence-electron chi connectivity index (χ1n) is 6.93. The van der Waals surface area contributed by atoms with Gasteiger partial charge in [0, 0.05) is 30.7 Å². The fourth-order valence-corrected chi connectivity index (χ4v) is 2.80. The Morgan fingerprint density at radius 2 is 2.45 bits per heavy atom. The van der Waals surface area contributed by atoms with Gasteiger partial charge in [-0.3, -0.25) is 9.89 Å². The number of aromatic nitrogens is 2. The average molecular weight is 301 g/mol. The molecule has 0 bridgehead atoms. The molecule has 2 heterocycles. The summed E-state index contributed by atoms with van der Waals surface area (Å²) >= 11 is 0. The van der Waals surface area contributed by atoms with E-state index in [0.717, 1.165) is 32.4 Å². The second-order valence-corrected chi connectivity index (χ2v) is 5.31. The Morgan fingerprint density at radius 1 is 1.55 bits per heavy atom. The van der Waals surface area contributed by atoms with Gasteiger partial charge in [0.25, 0.3) is 0 Å². The van der Waals surface area contributed by atoms with Crippen molar-refractivity contribution in [2.75, 3.05) is 19.8 Å². The van der Waals surface area contributed by atoms with Gasteiger partial charge in [-0.05, 0) is 24.8 Å². The molecule has 1 saturated heterocycles. The lowest BCUT2D eigenvalue weighted by atomic mass is 9.93. The number of aryl methyl sites for hydroxylation is 1. The lowest BCUT2D eigenvalue weighted by molar-refractivity contribution is -0.123. The first kappa shape index (κ1) is 15.3. The summed E-state index contributed by atoms with van der Waals surface area (Å²) in [5.41, 5.74) is 2.45. The molecule has 1 aromatic rings. The summed E-state index contributed by atoms with van der Waals surface area (Å²) in [7, 11) is 0. The van der Waals surface area contributed by atoms with E-state index >= 15 is 0 Å². The number of amides is 1. The molecule has 1 amide bonds. The van der Waals surface area contributed by atoms with E-state index < -0.39 is 0 Å². The molecule has 0 radical (unpaired) electrons. The smallest absolute Gasteiger partial charge is 0.221 e. The van der Waals surface area contributed by atoms with Gasteiger partial charge in [-0.1, -0.05) is 0 Å². The van der Waals surface area contributed by atoms with E-state index in [4.69, 9.17) is 4.74 Å². The summed E-state index contributed by atoms with van der Waals surface area (Å²) in [6, 6.07) is 0.393. The minimum Gasteiger partial charge on any atom is -0.378 e. The van der Waals surface area contributed by atoms with E-state index in [2.05, 4.69) is 20.8 Å². The SMILES string of the molecule is Cl.O=C(CC1COCCN1)NC1CCc2[nH]ncc2C1. The summed E-state index contributed by atoms with van der Waals surface area (Å²) in [5, 5.41) is 13.5. The van der Waals surface area contributed by atoms with Gasteiger partial charge < -0.3 is 15.4 Å². The predicted octanol–water partition coefficient (Wildman–Crippen LogP) is 0.184. The molecule has 3 rings (SSSR count). The fraction of sp³-hybridized carbons (Fsp3) is 0.692. The number of ether oxygens (including phenoxy) is 1. The van der Waals surface area contributed by atoms with Crippen molar-refractivity contribution in [1.82, 2.24) is 20.8 Å². The molecule has 112 valence electrons. The Kier molecular flexibility index (Phi) is 5.39. The number of nitrogens with zero attached hydrogens (tertiary/aromatic N) is 1. The third-order valence-corrected chi connectivity index (χ3v) is 3.81. The molecule has 6 nitrogen and oxygen atoms in total. The minimum atomic E-state index is 0. The van der Waals surface area contributed by atoms with Gasteiger partial charge in [0.2, 0.25) is 5.91 Å². The monoisotopic (exact) mass is 300 g/mol. The third kappa shape index (κ3) is 3.71. The lowest BCUT2D eigenvalue weighted by Crippen LogP contribution is -2.46. The van der Waals surface area contributed by atoms with E-state index in [1.807, 2.05) is 6.20 Å². The molecule has 1 aliphatic carbocycles. The molecule has 1 aliphatic heterocycles. The van der Waals surface area contributed by atoms with Crippen molar-refractivity contribution in [3.63, 3.8) is 0 Å². The van der Waals surface area contributed by atoms with Gasteiger partial charge in [0.1, 0.15) is 0 Å². The molecule has 1 aromatic heterocycles. The molecule has 20 heavy (non-hydrogen) atoms. The Balaban J connectivity index is 0.00000147. The molecule has 7 heteroatoms. The summed E-state index contributed by atoms with van der Waals surface area (Å²) < 4.78 is 5.35. The molecule has 2 unspecified atom stereocenters. The van der Waals surface area contributed by atoms with Gasteiger partial charge in [0.05, 0.1) is 19.4 Å². The molecule has 3 N–H and O–H groups in total. The first-order valence-corrected chi connectivity index (χ1v) is 6.93. The first-order chi connectivity index (χ1) is 9.31. The number of fused-ring (bicyclic) bond motifs is 1. The second kappa shape index (κ2) is 7.06. The Bertz CT molecular complexity index is 445. The maximum absolute atomic E-state index is 12.0. The Hall–Kier alpha value is -1.11. The van der Waals surface area contributed by atoms with Gasteiger partial charge >= 0.3 is 0 Å². The number of H-pyrrole nitrogens is 1. The van der Waals surface area contributed by atoms with Gasteiger partial charge in [0.15, 0.2) is 0 Å². The van der Waals surface area contributed by atoms with Crippen LogP contribution in [0.2, 0.25) is 0 Å². The number of carbonyl (C=O) groups is 1. The maximum atomic E-state index is 12.0. The van der Waals surface area contributed by atoms with E-state index in [0.29, 0.717) is 13.0 Å². The number of hydrogen-bond acceptors (Lipinski definition) is 4. The summed E-state index contributed by atoms with van der Waals surface area (Å²) in [6.45, 7) is 2.20. The van der Waals surface area contributed by atoms with Crippen LogP contribution in [-0.2, 0) is 22.4 Å². The molecule has 2 aliphatic rings. The van der Waals surface area contributed by atoms with Crippen LogP contribution < -0.4 is 10.6 Å². The van der Waals surface area contributed by atoms with Gasteiger partial charge in [-0.25, -0.2) is 0 Å². The summed E-state index contributed by atoms with van der Waals surface area (Å²) in [5.74, 6) is 0.111. The predicted molar refractivity (Wildman–Crippen MR) is 77.0 cm³/mol. The van der Waals surface area contributed by atoms with Gasteiger partial charge in [-0.2, -0.15) is 5.10 Å². The van der Waals surface area contributed by atoms with Crippen molar-refractivity contribution in [2.24, 2.45) is 0 Å². The molecule has 0 saturated carbocycles. The number of aromatic amines is 1. The van der Waals surface area contributed by atoms with Gasteiger partial charge in [-0.15, -0.1) is 12.4 Å². The van der Waals surface area contributed by atoms with Crippen LogP contribution in [0.25, 0.3) is 0 Å². The number of nitrogens with one attached hydrogen (secondary N) is 3. The molecule has 0 spiro atoms. The second-order valence-electron chi connectivity index (χ2n) is 5.31. The maximum Gasteiger partial charge on any atom is 0.221 e. The van der Waals surface area contributed by atoms with Crippen LogP contribution in [0, 0.1) is 0 Å². The Morgan fingerprint density at radius 3 is 3.25 bits per heavy atom. The van der Waals surface area contributed by atoms with E-state index in [-0.39, 0.29) is 30.4 Å². The zero-order chi connectivity index (χ0) is 13.1. The van der Waals surface area contributed by atoms with Crippen LogP contribution in [0.15, 0.2) is 6.20 Å². The largest absolute Gasteiger partial charge is 0.378 e. The normalized spacial score (nSPS) is 25.4. The van der Waals surface area contributed by atoms with Crippen LogP contribution in [0.5, 0.6) is 0 Å². The quantitative estimate of drug-likeness (QED) is 0.744. The van der Waals surface area contributed by atoms with E-state index in [1.165, 1.54) is 11.3 Å². The molecular formula is C13H21ClN4O2. The number of morpholine rings is 1. The molecule has 2 atom stereocenters. The van der Waals surface area contributed by atoms with Crippen molar-refractivity contribution >= 4 is 18.3 Å². The van der Waals surface area contributed by atoms with Crippen molar-refractivity contribution in [3.8, 4) is 0 Å². The molecule has 1 fully saturated rings. The zero-order valence-electron chi connectivity index (χ0n) is 11.4.